The monoisotopic (exact) mass is 325 g/mol. The number of nitrogens with one attached hydrogen (secondary N) is 1. The summed E-state index contributed by atoms with van der Waals surface area (Å²) in [5.41, 5.74) is 0.373. The summed E-state index contributed by atoms with van der Waals surface area (Å²) < 4.78 is 0.695. The summed E-state index contributed by atoms with van der Waals surface area (Å²) in [7, 11) is 0. The molecule has 0 aliphatic rings. The Hall–Kier alpha value is -1.66. The number of fused-ring (bicyclic) bond motifs is 2. The number of aromatic amines is 1. The number of pyridine rings is 1. The topological polar surface area (TPSA) is 78.9 Å². The van der Waals surface area contributed by atoms with Gasteiger partial charge in [-0.15, -0.1) is 5.10 Å². The summed E-state index contributed by atoms with van der Waals surface area (Å²) in [6.45, 7) is 0. The Morgan fingerprint density at radius 2 is 2.11 bits per heavy atom. The van der Waals surface area contributed by atoms with Crippen LogP contribution in [-0.2, 0) is 0 Å². The van der Waals surface area contributed by atoms with E-state index < -0.39 is 5.56 Å². The molecule has 0 amide bonds. The molecule has 3 rings (SSSR count). The van der Waals surface area contributed by atoms with Crippen LogP contribution in [0, 0.1) is 0 Å². The molecule has 18 heavy (non-hydrogen) atoms. The molecule has 1 aromatic carbocycles. The molecule has 2 heterocycles. The predicted molar refractivity (Wildman–Crippen MR) is 72.0 cm³/mol. The number of aromatic hydroxyl groups is 1. The fourth-order valence-corrected chi connectivity index (χ4v) is 2.23. The predicted octanol–water partition coefficient (Wildman–Crippen LogP) is 2.59. The SMILES string of the molecule is O=c1[nH]nc(O)c2nc3cc(Br)c(Cl)cc3cc12. The lowest BCUT2D eigenvalue weighted by atomic mass is 10.1. The summed E-state index contributed by atoms with van der Waals surface area (Å²) >= 11 is 9.28. The lowest BCUT2D eigenvalue weighted by Crippen LogP contribution is -2.08. The van der Waals surface area contributed by atoms with E-state index in [0.717, 1.165) is 0 Å². The Labute approximate surface area is 114 Å². The molecule has 90 valence electrons. The van der Waals surface area contributed by atoms with E-state index in [9.17, 15) is 9.90 Å². The molecule has 5 nitrogen and oxygen atoms in total. The van der Waals surface area contributed by atoms with Gasteiger partial charge in [0.05, 0.1) is 15.9 Å². The van der Waals surface area contributed by atoms with Crippen molar-refractivity contribution in [3.8, 4) is 5.88 Å². The third kappa shape index (κ3) is 1.65. The first kappa shape index (κ1) is 11.4. The largest absolute Gasteiger partial charge is 0.491 e. The van der Waals surface area contributed by atoms with Crippen molar-refractivity contribution in [2.24, 2.45) is 0 Å². The fourth-order valence-electron chi connectivity index (χ4n) is 1.73. The number of nitrogens with zero attached hydrogens (tertiary/aromatic N) is 2. The Balaban J connectivity index is 2.55. The quantitative estimate of drug-likeness (QED) is 0.622. The molecule has 0 spiro atoms. The van der Waals surface area contributed by atoms with Crippen molar-refractivity contribution in [1.82, 2.24) is 15.2 Å². The van der Waals surface area contributed by atoms with Crippen molar-refractivity contribution in [2.75, 3.05) is 0 Å². The number of H-pyrrole nitrogens is 1. The molecular weight excluding hydrogens is 321 g/mol. The van der Waals surface area contributed by atoms with Crippen LogP contribution in [0.5, 0.6) is 5.88 Å². The van der Waals surface area contributed by atoms with Crippen LogP contribution in [0.3, 0.4) is 0 Å². The van der Waals surface area contributed by atoms with Crippen molar-refractivity contribution in [3.63, 3.8) is 0 Å². The van der Waals surface area contributed by atoms with Gasteiger partial charge in [0.15, 0.2) is 0 Å². The lowest BCUT2D eigenvalue weighted by molar-refractivity contribution is 0.450. The molecule has 7 heteroatoms. The highest BCUT2D eigenvalue weighted by Crippen LogP contribution is 2.29. The molecule has 0 aliphatic heterocycles. The smallest absolute Gasteiger partial charge is 0.273 e. The van der Waals surface area contributed by atoms with E-state index in [1.165, 1.54) is 0 Å². The molecule has 0 saturated carbocycles. The molecular formula is C11H5BrClN3O2. The first-order valence-electron chi connectivity index (χ1n) is 4.93. The van der Waals surface area contributed by atoms with Gasteiger partial charge in [0, 0.05) is 9.86 Å². The molecule has 2 aromatic heterocycles. The van der Waals surface area contributed by atoms with Gasteiger partial charge in [0.1, 0.15) is 5.52 Å². The van der Waals surface area contributed by atoms with E-state index in [0.29, 0.717) is 20.4 Å². The van der Waals surface area contributed by atoms with Crippen LogP contribution in [0.1, 0.15) is 0 Å². The van der Waals surface area contributed by atoms with Gasteiger partial charge in [-0.05, 0) is 34.1 Å². The lowest BCUT2D eigenvalue weighted by Gasteiger charge is -2.03. The summed E-state index contributed by atoms with van der Waals surface area (Å²) in [6.07, 6.45) is 0. The molecule has 0 bridgehead atoms. The van der Waals surface area contributed by atoms with Crippen molar-refractivity contribution >= 4 is 49.3 Å². The van der Waals surface area contributed by atoms with Crippen LogP contribution in [0.4, 0.5) is 0 Å². The van der Waals surface area contributed by atoms with Gasteiger partial charge in [-0.1, -0.05) is 11.6 Å². The molecule has 0 atom stereocenters. The molecule has 3 aromatic rings. The van der Waals surface area contributed by atoms with E-state index >= 15 is 0 Å². The highest BCUT2D eigenvalue weighted by atomic mass is 79.9. The molecule has 0 unspecified atom stereocenters. The maximum Gasteiger partial charge on any atom is 0.273 e. The van der Waals surface area contributed by atoms with E-state index in [2.05, 4.69) is 31.1 Å². The Morgan fingerprint density at radius 1 is 1.33 bits per heavy atom. The van der Waals surface area contributed by atoms with E-state index in [1.807, 2.05) is 0 Å². The molecule has 0 radical (unpaired) electrons. The minimum Gasteiger partial charge on any atom is -0.491 e. The van der Waals surface area contributed by atoms with Crippen LogP contribution in [0.25, 0.3) is 21.8 Å². The second-order valence-corrected chi connectivity index (χ2v) is 4.98. The van der Waals surface area contributed by atoms with Crippen LogP contribution in [0.2, 0.25) is 5.02 Å². The van der Waals surface area contributed by atoms with Crippen molar-refractivity contribution in [2.45, 2.75) is 0 Å². The van der Waals surface area contributed by atoms with E-state index in [1.54, 1.807) is 18.2 Å². The van der Waals surface area contributed by atoms with Gasteiger partial charge in [-0.2, -0.15) is 0 Å². The molecule has 0 aliphatic carbocycles. The Kier molecular flexibility index (Phi) is 2.49. The number of hydrogen-bond donors (Lipinski definition) is 2. The van der Waals surface area contributed by atoms with Gasteiger partial charge in [0.25, 0.3) is 11.4 Å². The summed E-state index contributed by atoms with van der Waals surface area (Å²) in [4.78, 5) is 15.8. The number of rotatable bonds is 0. The van der Waals surface area contributed by atoms with Crippen molar-refractivity contribution in [1.29, 1.82) is 0 Å². The molecule has 0 fully saturated rings. The average molecular weight is 327 g/mol. The van der Waals surface area contributed by atoms with Crippen LogP contribution in [-0.4, -0.2) is 20.3 Å². The third-order valence-electron chi connectivity index (χ3n) is 2.58. The normalized spacial score (nSPS) is 11.2. The minimum atomic E-state index is -0.406. The van der Waals surface area contributed by atoms with Crippen molar-refractivity contribution in [3.05, 3.63) is 38.0 Å². The van der Waals surface area contributed by atoms with Crippen LogP contribution in [0.15, 0.2) is 27.5 Å². The van der Waals surface area contributed by atoms with Gasteiger partial charge in [0.2, 0.25) is 0 Å². The summed E-state index contributed by atoms with van der Waals surface area (Å²) in [5.74, 6) is -0.308. The highest BCUT2D eigenvalue weighted by molar-refractivity contribution is 9.10. The molecule has 0 saturated heterocycles. The highest BCUT2D eigenvalue weighted by Gasteiger charge is 2.10. The molecule has 2 N–H and O–H groups in total. The van der Waals surface area contributed by atoms with E-state index in [4.69, 9.17) is 11.6 Å². The zero-order valence-electron chi connectivity index (χ0n) is 8.74. The summed E-state index contributed by atoms with van der Waals surface area (Å²) in [5, 5.41) is 16.8. The van der Waals surface area contributed by atoms with Crippen LogP contribution < -0.4 is 5.56 Å². The third-order valence-corrected chi connectivity index (χ3v) is 3.77. The number of benzene rings is 1. The summed E-state index contributed by atoms with van der Waals surface area (Å²) in [6, 6.07) is 5.04. The van der Waals surface area contributed by atoms with Gasteiger partial charge in [-0.3, -0.25) is 4.79 Å². The number of hydrogen-bond acceptors (Lipinski definition) is 4. The van der Waals surface area contributed by atoms with Gasteiger partial charge in [-0.25, -0.2) is 10.1 Å². The average Bonchev–Trinajstić information content (AvgIpc) is 2.34. The fraction of sp³-hybridized carbons (Fsp3) is 0. The zero-order chi connectivity index (χ0) is 12.9. The van der Waals surface area contributed by atoms with Crippen LogP contribution >= 0.6 is 27.5 Å². The number of halogens is 2. The van der Waals surface area contributed by atoms with Gasteiger partial charge < -0.3 is 5.11 Å². The second kappa shape index (κ2) is 3.93. The van der Waals surface area contributed by atoms with Gasteiger partial charge >= 0.3 is 0 Å². The maximum atomic E-state index is 11.6. The zero-order valence-corrected chi connectivity index (χ0v) is 11.1. The first-order valence-corrected chi connectivity index (χ1v) is 6.10. The minimum absolute atomic E-state index is 0.167. The Morgan fingerprint density at radius 3 is 2.89 bits per heavy atom. The standard InChI is InChI=1S/C11H5BrClN3O2/c12-6-3-8-4(2-7(6)13)1-5-9(14-8)11(18)16-15-10(5)17/h1-3H,(H,15,17)(H,16,18). The number of aromatic nitrogens is 3. The van der Waals surface area contributed by atoms with E-state index in [-0.39, 0.29) is 16.8 Å². The maximum absolute atomic E-state index is 11.6. The van der Waals surface area contributed by atoms with Crippen molar-refractivity contribution < 1.29 is 5.11 Å². The second-order valence-electron chi connectivity index (χ2n) is 3.72. The Bertz CT molecular complexity index is 847. The first-order chi connectivity index (χ1) is 8.56.